The first-order chi connectivity index (χ1) is 24.4. The predicted molar refractivity (Wildman–Crippen MR) is 185 cm³/mol. The summed E-state index contributed by atoms with van der Waals surface area (Å²) in [5.74, 6) is 0.460. The molecule has 3 atom stereocenters. The highest BCUT2D eigenvalue weighted by atomic mass is 31.2. The van der Waals surface area contributed by atoms with Gasteiger partial charge in [-0.15, -0.1) is 0 Å². The molecule has 1 fully saturated rings. The maximum atomic E-state index is 12.9. The van der Waals surface area contributed by atoms with Gasteiger partial charge in [-0.1, -0.05) is 68.4 Å². The van der Waals surface area contributed by atoms with Crippen molar-refractivity contribution in [1.29, 1.82) is 0 Å². The van der Waals surface area contributed by atoms with Crippen molar-refractivity contribution in [2.45, 2.75) is 44.3 Å². The van der Waals surface area contributed by atoms with Crippen molar-refractivity contribution in [1.82, 2.24) is 19.5 Å². The number of imidazole rings is 1. The molecule has 3 aromatic carbocycles. The van der Waals surface area contributed by atoms with Gasteiger partial charge in [0.2, 0.25) is 11.9 Å². The van der Waals surface area contributed by atoms with Gasteiger partial charge in [0, 0.05) is 12.3 Å². The lowest BCUT2D eigenvalue weighted by molar-refractivity contribution is -0.118. The average molecular weight is 720 g/mol. The summed E-state index contributed by atoms with van der Waals surface area (Å²) in [6, 6.07) is 24.3. The normalized spacial score (nSPS) is 17.9. The number of H-pyrrole nitrogens is 1. The van der Waals surface area contributed by atoms with E-state index >= 15 is 0 Å². The summed E-state index contributed by atoms with van der Waals surface area (Å²) < 4.78 is 43.1. The number of phosphoric ester groups is 1. The molecule has 0 unspecified atom stereocenters. The molecule has 1 amide bonds. The topological polar surface area (TPSA) is 196 Å². The number of aromatic amines is 1. The number of rotatable bonds is 13. The van der Waals surface area contributed by atoms with Gasteiger partial charge >= 0.3 is 7.82 Å². The molecule has 4 N–H and O–H groups in total. The summed E-state index contributed by atoms with van der Waals surface area (Å²) in [6.07, 6.45) is -1.84. The zero-order chi connectivity index (χ0) is 36.3. The molecule has 6 rings (SSSR count). The number of phosphoric acid groups is 1. The van der Waals surface area contributed by atoms with Crippen LogP contribution in [0.25, 0.3) is 11.2 Å². The third kappa shape index (κ3) is 7.59. The highest BCUT2D eigenvalue weighted by Gasteiger charge is 2.45. The van der Waals surface area contributed by atoms with Gasteiger partial charge in [0.15, 0.2) is 11.2 Å². The van der Waals surface area contributed by atoms with Gasteiger partial charge < -0.3 is 28.7 Å². The molecule has 3 heterocycles. The molecule has 51 heavy (non-hydrogen) atoms. The number of carbonyl (C=O) groups is 1. The number of methoxy groups -OCH3 is 2. The van der Waals surface area contributed by atoms with Crippen LogP contribution in [0.1, 0.15) is 43.2 Å². The average Bonchev–Trinajstić information content (AvgIpc) is 3.72. The van der Waals surface area contributed by atoms with Crippen molar-refractivity contribution < 1.29 is 42.6 Å². The van der Waals surface area contributed by atoms with Crippen LogP contribution in [0.4, 0.5) is 5.95 Å². The number of amides is 1. The molecular formula is C35H38N5O10P. The van der Waals surface area contributed by atoms with Crippen LogP contribution in [-0.2, 0) is 29.0 Å². The van der Waals surface area contributed by atoms with E-state index in [0.717, 1.165) is 16.7 Å². The summed E-state index contributed by atoms with van der Waals surface area (Å²) >= 11 is 0. The number of carbonyl (C=O) groups excluding carboxylic acids is 1. The number of hydrogen-bond acceptors (Lipinski definition) is 10. The van der Waals surface area contributed by atoms with Gasteiger partial charge in [-0.2, -0.15) is 4.98 Å². The third-order valence-electron chi connectivity index (χ3n) is 8.60. The number of nitrogens with one attached hydrogen (secondary N) is 2. The smallest absolute Gasteiger partial charge is 0.469 e. The van der Waals surface area contributed by atoms with Gasteiger partial charge in [-0.3, -0.25) is 29.0 Å². The van der Waals surface area contributed by atoms with E-state index in [-0.39, 0.29) is 42.0 Å². The molecule has 5 aromatic rings. The second-order valence-electron chi connectivity index (χ2n) is 12.2. The fourth-order valence-corrected chi connectivity index (χ4v) is 6.62. The molecule has 0 spiro atoms. The van der Waals surface area contributed by atoms with Crippen molar-refractivity contribution >= 4 is 30.8 Å². The molecule has 0 bridgehead atoms. The van der Waals surface area contributed by atoms with Crippen LogP contribution in [-0.4, -0.2) is 68.2 Å². The van der Waals surface area contributed by atoms with Gasteiger partial charge in [-0.05, 0) is 41.0 Å². The lowest BCUT2D eigenvalue weighted by Gasteiger charge is -2.37. The van der Waals surface area contributed by atoms with Crippen molar-refractivity contribution in [3.8, 4) is 11.5 Å². The number of anilines is 1. The lowest BCUT2D eigenvalue weighted by Crippen LogP contribution is -2.38. The molecule has 16 heteroatoms. The van der Waals surface area contributed by atoms with E-state index in [0.29, 0.717) is 11.5 Å². The standard InChI is InChI=1S/C35H38N5O10P/c1-21(2)32(41)38-34-37-31-30(33(42)39-34)36-20-40(31)29-18-27(50-51(43,44)45)28(49-29)19-48-35(22-8-6-5-7-9-22,23-10-14-25(46-3)15-11-23)24-12-16-26(47-4)17-13-24/h5-17,20-21,27-29H,18-19H2,1-4H3,(H2,43,44,45)(H2,37,38,39,41,42)/t27-,28+,29+/m0/s1. The third-order valence-corrected chi connectivity index (χ3v) is 9.14. The highest BCUT2D eigenvalue weighted by Crippen LogP contribution is 2.46. The molecule has 1 aliphatic heterocycles. The molecule has 1 aliphatic rings. The molecule has 268 valence electrons. The Hall–Kier alpha value is -4.89. The SMILES string of the molecule is COc1ccc(C(OC[C@H]2O[C@@H](n3cnc4c(=O)[nH]c(NC(=O)C(C)C)nc43)C[C@@H]2OP(=O)(O)O)(c2ccccc2)c2ccc(OC)cc2)cc1. The van der Waals surface area contributed by atoms with E-state index in [4.69, 9.17) is 23.5 Å². The molecule has 0 saturated carbocycles. The van der Waals surface area contributed by atoms with Crippen LogP contribution < -0.4 is 20.3 Å². The van der Waals surface area contributed by atoms with Gasteiger partial charge in [0.25, 0.3) is 5.56 Å². The Balaban J connectivity index is 1.40. The van der Waals surface area contributed by atoms with Crippen LogP contribution in [0.15, 0.2) is 90.0 Å². The summed E-state index contributed by atoms with van der Waals surface area (Å²) in [7, 11) is -1.86. The minimum Gasteiger partial charge on any atom is -0.497 e. The number of ether oxygens (including phenoxy) is 4. The molecule has 1 saturated heterocycles. The summed E-state index contributed by atoms with van der Waals surface area (Å²) in [4.78, 5) is 56.1. The van der Waals surface area contributed by atoms with E-state index in [1.54, 1.807) is 28.1 Å². The van der Waals surface area contributed by atoms with Gasteiger partial charge in [-0.25, -0.2) is 9.55 Å². The monoisotopic (exact) mass is 719 g/mol. The Bertz CT molecular complexity index is 2030. The minimum atomic E-state index is -5.01. The minimum absolute atomic E-state index is 0.0181. The predicted octanol–water partition coefficient (Wildman–Crippen LogP) is 4.51. The maximum Gasteiger partial charge on any atom is 0.469 e. The highest BCUT2D eigenvalue weighted by molar-refractivity contribution is 7.46. The summed E-state index contributed by atoms with van der Waals surface area (Å²) in [5, 5.41) is 2.58. The van der Waals surface area contributed by atoms with Gasteiger partial charge in [0.05, 0.1) is 27.2 Å². The second kappa shape index (κ2) is 14.8. The first-order valence-electron chi connectivity index (χ1n) is 16.1. The van der Waals surface area contributed by atoms with Crippen LogP contribution in [0, 0.1) is 5.92 Å². The Morgan fingerprint density at radius 1 is 1.00 bits per heavy atom. The van der Waals surface area contributed by atoms with E-state index < -0.39 is 37.4 Å². The van der Waals surface area contributed by atoms with Crippen molar-refractivity contribution in [2.75, 3.05) is 26.1 Å². The largest absolute Gasteiger partial charge is 0.497 e. The first-order valence-corrected chi connectivity index (χ1v) is 17.6. The Morgan fingerprint density at radius 2 is 1.59 bits per heavy atom. The van der Waals surface area contributed by atoms with E-state index in [1.807, 2.05) is 78.9 Å². The van der Waals surface area contributed by atoms with Gasteiger partial charge in [0.1, 0.15) is 35.5 Å². The number of nitrogens with zero attached hydrogens (tertiary/aromatic N) is 3. The first kappa shape index (κ1) is 35.9. The molecule has 15 nitrogen and oxygen atoms in total. The van der Waals surface area contributed by atoms with Crippen LogP contribution in [0.5, 0.6) is 11.5 Å². The Morgan fingerprint density at radius 3 is 2.14 bits per heavy atom. The Kier molecular flexibility index (Phi) is 10.4. The van der Waals surface area contributed by atoms with Crippen LogP contribution >= 0.6 is 7.82 Å². The van der Waals surface area contributed by atoms with Crippen molar-refractivity contribution in [3.63, 3.8) is 0 Å². The van der Waals surface area contributed by atoms with E-state index in [2.05, 4.69) is 20.3 Å². The van der Waals surface area contributed by atoms with Crippen LogP contribution in [0.3, 0.4) is 0 Å². The quantitative estimate of drug-likeness (QED) is 0.0984. The zero-order valence-corrected chi connectivity index (χ0v) is 29.2. The fourth-order valence-electron chi connectivity index (χ4n) is 6.05. The number of aromatic nitrogens is 4. The molecule has 0 radical (unpaired) electrons. The van der Waals surface area contributed by atoms with E-state index in [1.165, 1.54) is 10.9 Å². The summed E-state index contributed by atoms with van der Waals surface area (Å²) in [6.45, 7) is 3.19. The molecule has 2 aromatic heterocycles. The Labute approximate surface area is 292 Å². The summed E-state index contributed by atoms with van der Waals surface area (Å²) in [5.41, 5.74) is 0.467. The van der Waals surface area contributed by atoms with Crippen molar-refractivity contribution in [2.24, 2.45) is 5.92 Å². The van der Waals surface area contributed by atoms with Crippen LogP contribution in [0.2, 0.25) is 0 Å². The maximum absolute atomic E-state index is 12.9. The molecule has 0 aliphatic carbocycles. The number of fused-ring (bicyclic) bond motifs is 1. The molecular weight excluding hydrogens is 681 g/mol. The number of benzene rings is 3. The second-order valence-corrected chi connectivity index (χ2v) is 13.4. The van der Waals surface area contributed by atoms with Crippen molar-refractivity contribution in [3.05, 3.63) is 112 Å². The zero-order valence-electron chi connectivity index (χ0n) is 28.3. The lowest BCUT2D eigenvalue weighted by atomic mass is 9.80. The fraction of sp³-hybridized carbons (Fsp3) is 0.314. The van der Waals surface area contributed by atoms with E-state index in [9.17, 15) is 23.9 Å². The number of hydrogen-bond donors (Lipinski definition) is 4.